The quantitative estimate of drug-likeness (QED) is 0.0732. The number of carbonyl (C=O) groups excluding carboxylic acids is 3. The van der Waals surface area contributed by atoms with Crippen LogP contribution in [0.3, 0.4) is 0 Å². The Morgan fingerprint density at radius 3 is 2.08 bits per heavy atom. The van der Waals surface area contributed by atoms with E-state index in [0.29, 0.717) is 11.3 Å². The Labute approximate surface area is 281 Å². The van der Waals surface area contributed by atoms with E-state index in [4.69, 9.17) is 0 Å². The van der Waals surface area contributed by atoms with Crippen LogP contribution in [0.4, 0.5) is 22.7 Å². The Kier molecular flexibility index (Phi) is 9.73. The Morgan fingerprint density at radius 1 is 0.771 bits per heavy atom. The average Bonchev–Trinajstić information content (AvgIpc) is 3.28. The molecule has 6 rings (SSSR count). The highest BCUT2D eigenvalue weighted by Crippen LogP contribution is 2.37. The van der Waals surface area contributed by atoms with Crippen molar-refractivity contribution in [3.63, 3.8) is 0 Å². The predicted octanol–water partition coefficient (Wildman–Crippen LogP) is 7.56. The molecule has 9 nitrogen and oxygen atoms in total. The molecule has 1 heterocycles. The highest BCUT2D eigenvalue weighted by Gasteiger charge is 2.25. The van der Waals surface area contributed by atoms with Gasteiger partial charge in [0.1, 0.15) is 5.70 Å². The highest BCUT2D eigenvalue weighted by atomic mass is 32.2. The topological polar surface area (TPSA) is 122 Å². The monoisotopic (exact) mass is 654 g/mol. The van der Waals surface area contributed by atoms with Gasteiger partial charge in [-0.1, -0.05) is 72.8 Å². The summed E-state index contributed by atoms with van der Waals surface area (Å²) in [6.07, 6.45) is 2.96. The maximum absolute atomic E-state index is 13.8. The van der Waals surface area contributed by atoms with Gasteiger partial charge in [0.05, 0.1) is 27.6 Å². The summed E-state index contributed by atoms with van der Waals surface area (Å²) in [4.78, 5) is 54.1. The van der Waals surface area contributed by atoms with E-state index in [1.807, 2.05) is 42.5 Å². The van der Waals surface area contributed by atoms with Crippen LogP contribution in [0, 0.1) is 10.1 Å². The zero-order valence-corrected chi connectivity index (χ0v) is 26.5. The molecule has 5 aromatic carbocycles. The molecule has 0 radical (unpaired) electrons. The van der Waals surface area contributed by atoms with Crippen molar-refractivity contribution < 1.29 is 19.3 Å². The molecule has 0 aromatic heterocycles. The van der Waals surface area contributed by atoms with Gasteiger partial charge in [0.15, 0.2) is 0 Å². The molecule has 0 saturated carbocycles. The van der Waals surface area contributed by atoms with Crippen molar-refractivity contribution in [1.82, 2.24) is 5.32 Å². The molecule has 1 aliphatic rings. The minimum absolute atomic E-state index is 0.0745. The second-order valence-electron chi connectivity index (χ2n) is 11.0. The van der Waals surface area contributed by atoms with Gasteiger partial charge in [-0.05, 0) is 78.6 Å². The van der Waals surface area contributed by atoms with Gasteiger partial charge >= 0.3 is 0 Å². The number of benzene rings is 5. The molecule has 0 saturated heterocycles. The fourth-order valence-electron chi connectivity index (χ4n) is 5.49. The van der Waals surface area contributed by atoms with E-state index >= 15 is 0 Å². The van der Waals surface area contributed by atoms with Crippen LogP contribution in [0.15, 0.2) is 138 Å². The molecule has 48 heavy (non-hydrogen) atoms. The third-order valence-corrected chi connectivity index (χ3v) is 8.77. The molecular weight excluding hydrogens is 625 g/mol. The number of hydrogen-bond donors (Lipinski definition) is 2. The minimum atomic E-state index is -0.673. The van der Waals surface area contributed by atoms with Crippen molar-refractivity contribution in [3.05, 3.63) is 165 Å². The lowest BCUT2D eigenvalue weighted by atomic mass is 10.0. The molecule has 0 aliphatic carbocycles. The Balaban J connectivity index is 1.21. The minimum Gasteiger partial charge on any atom is -0.321 e. The first kappa shape index (κ1) is 32.0. The van der Waals surface area contributed by atoms with Gasteiger partial charge in [0.2, 0.25) is 5.91 Å². The van der Waals surface area contributed by atoms with Crippen LogP contribution in [0.5, 0.6) is 0 Å². The number of rotatable bonds is 9. The van der Waals surface area contributed by atoms with E-state index in [-0.39, 0.29) is 28.6 Å². The maximum atomic E-state index is 13.8. The van der Waals surface area contributed by atoms with E-state index in [0.717, 1.165) is 40.2 Å². The summed E-state index contributed by atoms with van der Waals surface area (Å²) >= 11 is 1.34. The second-order valence-corrected chi connectivity index (χ2v) is 12.0. The van der Waals surface area contributed by atoms with Crippen molar-refractivity contribution >= 4 is 58.3 Å². The third kappa shape index (κ3) is 7.35. The molecule has 1 aliphatic heterocycles. The van der Waals surface area contributed by atoms with Gasteiger partial charge in [-0.2, -0.15) is 0 Å². The first-order valence-electron chi connectivity index (χ1n) is 15.2. The van der Waals surface area contributed by atoms with Crippen LogP contribution < -0.4 is 15.5 Å². The maximum Gasteiger partial charge on any atom is 0.276 e. The number of hydrogen-bond acceptors (Lipinski definition) is 6. The summed E-state index contributed by atoms with van der Waals surface area (Å²) < 4.78 is 0. The van der Waals surface area contributed by atoms with Gasteiger partial charge in [-0.25, -0.2) is 0 Å². The van der Waals surface area contributed by atoms with Crippen molar-refractivity contribution in [1.29, 1.82) is 0 Å². The predicted molar refractivity (Wildman–Crippen MR) is 188 cm³/mol. The van der Waals surface area contributed by atoms with Crippen molar-refractivity contribution in [3.8, 4) is 0 Å². The van der Waals surface area contributed by atoms with Crippen molar-refractivity contribution in [2.45, 2.75) is 17.7 Å². The Bertz CT molecular complexity index is 2000. The zero-order valence-electron chi connectivity index (χ0n) is 25.7. The number of nitro groups is 1. The molecular formula is C38H30N4O5S. The smallest absolute Gasteiger partial charge is 0.276 e. The number of carbonyl (C=O) groups is 3. The van der Waals surface area contributed by atoms with Gasteiger partial charge in [0.25, 0.3) is 17.5 Å². The first-order valence-corrected chi connectivity index (χ1v) is 16.2. The number of aryl methyl sites for hydroxylation is 2. The number of anilines is 3. The molecule has 2 N–H and O–H groups in total. The molecule has 10 heteroatoms. The van der Waals surface area contributed by atoms with Crippen LogP contribution in [-0.2, 0) is 22.4 Å². The molecule has 0 spiro atoms. The first-order chi connectivity index (χ1) is 23.4. The van der Waals surface area contributed by atoms with Gasteiger partial charge in [-0.3, -0.25) is 29.4 Å². The van der Waals surface area contributed by atoms with E-state index in [1.165, 1.54) is 36.0 Å². The zero-order chi connectivity index (χ0) is 33.5. The van der Waals surface area contributed by atoms with Crippen LogP contribution >= 0.6 is 11.8 Å². The molecule has 0 fully saturated rings. The molecule has 3 amide bonds. The summed E-state index contributed by atoms with van der Waals surface area (Å²) in [5.74, 6) is -1.14. The van der Waals surface area contributed by atoms with E-state index < -0.39 is 16.7 Å². The summed E-state index contributed by atoms with van der Waals surface area (Å²) in [7, 11) is 0. The van der Waals surface area contributed by atoms with Crippen LogP contribution in [0.25, 0.3) is 6.08 Å². The number of nitrogens with one attached hydrogen (secondary N) is 2. The number of nitrogens with zero attached hydrogens (tertiary/aromatic N) is 2. The van der Waals surface area contributed by atoms with Gasteiger partial charge in [-0.15, -0.1) is 11.8 Å². The molecule has 0 atom stereocenters. The summed E-state index contributed by atoms with van der Waals surface area (Å²) in [5, 5.41) is 17.1. The number of thioether (sulfide) groups is 1. The van der Waals surface area contributed by atoms with Crippen molar-refractivity contribution in [2.24, 2.45) is 0 Å². The SMILES string of the molecule is O=C(Nc1cccc(SCC(=O)N2c3ccccc3CCc3ccccc32)c1)/C(=C/c1ccccc1[N+](=O)[O-])NC(=O)c1ccccc1. The Morgan fingerprint density at radius 2 is 1.40 bits per heavy atom. The van der Waals surface area contributed by atoms with E-state index in [1.54, 1.807) is 59.5 Å². The lowest BCUT2D eigenvalue weighted by Crippen LogP contribution is -2.30. The highest BCUT2D eigenvalue weighted by molar-refractivity contribution is 8.00. The fraction of sp³-hybridized carbons (Fsp3) is 0.0789. The number of nitro benzene ring substituents is 1. The van der Waals surface area contributed by atoms with Crippen LogP contribution in [-0.4, -0.2) is 28.4 Å². The lowest BCUT2D eigenvalue weighted by Gasteiger charge is -2.25. The van der Waals surface area contributed by atoms with E-state index in [2.05, 4.69) is 22.8 Å². The number of para-hydroxylation sites is 3. The third-order valence-electron chi connectivity index (χ3n) is 7.79. The fourth-order valence-corrected chi connectivity index (χ4v) is 6.30. The number of amides is 3. The van der Waals surface area contributed by atoms with Crippen LogP contribution in [0.2, 0.25) is 0 Å². The van der Waals surface area contributed by atoms with Gasteiger partial charge < -0.3 is 10.6 Å². The second kappa shape index (κ2) is 14.6. The molecule has 0 unspecified atom stereocenters. The largest absolute Gasteiger partial charge is 0.321 e. The molecule has 238 valence electrons. The Hall–Kier alpha value is -6.00. The molecule has 0 bridgehead atoms. The van der Waals surface area contributed by atoms with Gasteiger partial charge in [0, 0.05) is 22.2 Å². The number of fused-ring (bicyclic) bond motifs is 2. The standard InChI is InChI=1S/C38H30N4O5S/c43-36(41-33-18-7-4-11-26(33)21-22-27-12-5-8-19-34(27)41)25-48-31-17-10-16-30(24-31)39-38(45)32(40-37(44)28-13-2-1-3-14-28)23-29-15-6-9-20-35(29)42(46)47/h1-20,23-24H,21-22,25H2,(H,39,45)(H,40,44)/b32-23-. The lowest BCUT2D eigenvalue weighted by molar-refractivity contribution is -0.385. The summed E-state index contributed by atoms with van der Waals surface area (Å²) in [6, 6.07) is 37.2. The normalized spacial score (nSPS) is 12.2. The molecule has 5 aromatic rings. The summed E-state index contributed by atoms with van der Waals surface area (Å²) in [5.41, 5.74) is 4.48. The van der Waals surface area contributed by atoms with E-state index in [9.17, 15) is 24.5 Å². The van der Waals surface area contributed by atoms with Crippen LogP contribution in [0.1, 0.15) is 27.0 Å². The average molecular weight is 655 g/mol. The van der Waals surface area contributed by atoms with Crippen molar-refractivity contribution in [2.75, 3.05) is 16.0 Å². The summed E-state index contributed by atoms with van der Waals surface area (Å²) in [6.45, 7) is 0.